The van der Waals surface area contributed by atoms with Crippen LogP contribution in [-0.2, 0) is 19.3 Å². The summed E-state index contributed by atoms with van der Waals surface area (Å²) in [6.07, 6.45) is 5.92. The molecular formula is C14H24N4S. The van der Waals surface area contributed by atoms with Crippen LogP contribution in [-0.4, -0.2) is 35.5 Å². The van der Waals surface area contributed by atoms with Crippen LogP contribution in [0.3, 0.4) is 0 Å². The molecule has 2 N–H and O–H groups in total. The Kier molecular flexibility index (Phi) is 5.19. The maximum absolute atomic E-state index is 5.96. The zero-order valence-corrected chi connectivity index (χ0v) is 12.8. The van der Waals surface area contributed by atoms with Gasteiger partial charge >= 0.3 is 0 Å². The summed E-state index contributed by atoms with van der Waals surface area (Å²) in [5.41, 5.74) is 7.30. The Balaban J connectivity index is 1.88. The molecule has 0 aromatic carbocycles. The predicted octanol–water partition coefficient (Wildman–Crippen LogP) is 2.22. The Hall–Kier alpha value is -1.10. The summed E-state index contributed by atoms with van der Waals surface area (Å²) in [7, 11) is 0. The fourth-order valence-electron chi connectivity index (χ4n) is 2.43. The molecule has 0 bridgehead atoms. The first-order valence-corrected chi connectivity index (χ1v) is 8.08. The summed E-state index contributed by atoms with van der Waals surface area (Å²) < 4.78 is 0. The fraction of sp³-hybridized carbons (Fsp3) is 0.714. The molecule has 106 valence electrons. The third-order valence-corrected chi connectivity index (χ3v) is 4.79. The molecule has 0 saturated heterocycles. The van der Waals surface area contributed by atoms with E-state index in [0.717, 1.165) is 32.5 Å². The average molecular weight is 280 g/mol. The lowest BCUT2D eigenvalue weighted by Gasteiger charge is -2.19. The summed E-state index contributed by atoms with van der Waals surface area (Å²) in [6, 6.07) is 0. The van der Waals surface area contributed by atoms with E-state index in [-0.39, 0.29) is 0 Å². The number of rotatable bonds is 5. The van der Waals surface area contributed by atoms with Crippen molar-refractivity contribution in [2.75, 3.05) is 19.6 Å². The number of thiazole rings is 1. The lowest BCUT2D eigenvalue weighted by Crippen LogP contribution is -2.37. The van der Waals surface area contributed by atoms with Crippen LogP contribution in [0.15, 0.2) is 4.99 Å². The molecule has 0 spiro atoms. The number of nitrogens with zero attached hydrogens (tertiary/aromatic N) is 3. The highest BCUT2D eigenvalue weighted by molar-refractivity contribution is 7.11. The Morgan fingerprint density at radius 2 is 2.05 bits per heavy atom. The molecular weight excluding hydrogens is 256 g/mol. The molecule has 1 aliphatic carbocycles. The molecule has 1 aromatic heterocycles. The van der Waals surface area contributed by atoms with Crippen LogP contribution in [0, 0.1) is 0 Å². The number of hydrogen-bond donors (Lipinski definition) is 1. The third-order valence-electron chi connectivity index (χ3n) is 3.58. The first-order valence-electron chi connectivity index (χ1n) is 7.26. The van der Waals surface area contributed by atoms with Gasteiger partial charge in [-0.3, -0.25) is 4.99 Å². The van der Waals surface area contributed by atoms with Gasteiger partial charge in [-0.25, -0.2) is 4.98 Å². The predicted molar refractivity (Wildman–Crippen MR) is 81.9 cm³/mol. The highest BCUT2D eigenvalue weighted by Crippen LogP contribution is 2.26. The largest absolute Gasteiger partial charge is 0.370 e. The van der Waals surface area contributed by atoms with Crippen LogP contribution in [0.2, 0.25) is 0 Å². The molecule has 0 atom stereocenters. The van der Waals surface area contributed by atoms with Gasteiger partial charge in [-0.1, -0.05) is 0 Å². The molecule has 0 radical (unpaired) electrons. The van der Waals surface area contributed by atoms with E-state index in [0.29, 0.717) is 5.96 Å². The minimum atomic E-state index is 0.659. The van der Waals surface area contributed by atoms with Crippen molar-refractivity contribution >= 4 is 17.3 Å². The van der Waals surface area contributed by atoms with Gasteiger partial charge in [0, 0.05) is 30.9 Å². The van der Waals surface area contributed by atoms with Crippen LogP contribution in [0.4, 0.5) is 0 Å². The van der Waals surface area contributed by atoms with Gasteiger partial charge < -0.3 is 10.6 Å². The fourth-order valence-corrected chi connectivity index (χ4v) is 3.57. The van der Waals surface area contributed by atoms with Gasteiger partial charge in [-0.2, -0.15) is 0 Å². The molecule has 1 aromatic rings. The van der Waals surface area contributed by atoms with Crippen molar-refractivity contribution in [1.82, 2.24) is 9.88 Å². The Morgan fingerprint density at radius 3 is 2.74 bits per heavy atom. The van der Waals surface area contributed by atoms with Gasteiger partial charge in [0.1, 0.15) is 0 Å². The second kappa shape index (κ2) is 6.89. The maximum atomic E-state index is 5.96. The number of hydrogen-bond acceptors (Lipinski definition) is 3. The van der Waals surface area contributed by atoms with Gasteiger partial charge in [-0.05, 0) is 39.5 Å². The average Bonchev–Trinajstić information content (AvgIpc) is 2.82. The molecule has 1 heterocycles. The monoisotopic (exact) mass is 280 g/mol. The minimum Gasteiger partial charge on any atom is -0.370 e. The van der Waals surface area contributed by atoms with E-state index in [4.69, 9.17) is 10.7 Å². The SMILES string of the molecule is CCN(CC)C(N)=NCCc1nc2c(s1)CCCC2. The van der Waals surface area contributed by atoms with E-state index in [1.54, 1.807) is 0 Å². The number of aryl methyl sites for hydroxylation is 2. The number of guanidine groups is 1. The van der Waals surface area contributed by atoms with E-state index in [1.165, 1.54) is 34.8 Å². The quantitative estimate of drug-likeness (QED) is 0.664. The smallest absolute Gasteiger partial charge is 0.191 e. The van der Waals surface area contributed by atoms with Crippen LogP contribution in [0.25, 0.3) is 0 Å². The summed E-state index contributed by atoms with van der Waals surface area (Å²) in [5, 5.41) is 1.22. The van der Waals surface area contributed by atoms with Crippen molar-refractivity contribution in [2.24, 2.45) is 10.7 Å². The highest BCUT2D eigenvalue weighted by Gasteiger charge is 2.14. The van der Waals surface area contributed by atoms with Gasteiger partial charge in [0.05, 0.1) is 10.7 Å². The van der Waals surface area contributed by atoms with Crippen molar-refractivity contribution in [1.29, 1.82) is 0 Å². The normalized spacial score (nSPS) is 15.4. The van der Waals surface area contributed by atoms with E-state index >= 15 is 0 Å². The summed E-state index contributed by atoms with van der Waals surface area (Å²) >= 11 is 1.87. The molecule has 4 nitrogen and oxygen atoms in total. The van der Waals surface area contributed by atoms with Crippen molar-refractivity contribution < 1.29 is 0 Å². The zero-order chi connectivity index (χ0) is 13.7. The lowest BCUT2D eigenvalue weighted by molar-refractivity contribution is 0.458. The molecule has 0 unspecified atom stereocenters. The van der Waals surface area contributed by atoms with E-state index in [9.17, 15) is 0 Å². The van der Waals surface area contributed by atoms with E-state index in [1.807, 2.05) is 11.3 Å². The third kappa shape index (κ3) is 3.69. The Bertz CT molecular complexity index is 411. The van der Waals surface area contributed by atoms with Crippen molar-refractivity contribution in [3.05, 3.63) is 15.6 Å². The minimum absolute atomic E-state index is 0.659. The molecule has 0 saturated carbocycles. The van der Waals surface area contributed by atoms with E-state index < -0.39 is 0 Å². The van der Waals surface area contributed by atoms with Crippen LogP contribution in [0.1, 0.15) is 42.3 Å². The number of nitrogens with two attached hydrogens (primary N) is 1. The summed E-state index contributed by atoms with van der Waals surface area (Å²) in [4.78, 5) is 12.8. The van der Waals surface area contributed by atoms with Gasteiger partial charge in [-0.15, -0.1) is 11.3 Å². The van der Waals surface area contributed by atoms with Gasteiger partial charge in [0.15, 0.2) is 5.96 Å². The standard InChI is InChI=1S/C14H24N4S/c1-3-18(4-2)14(15)16-10-9-13-17-11-7-5-6-8-12(11)19-13/h3-10H2,1-2H3,(H2,15,16). The summed E-state index contributed by atoms with van der Waals surface area (Å²) in [6.45, 7) is 6.77. The second-order valence-corrected chi connectivity index (χ2v) is 6.01. The molecule has 0 amide bonds. The van der Waals surface area contributed by atoms with Crippen LogP contribution >= 0.6 is 11.3 Å². The Morgan fingerprint density at radius 1 is 1.32 bits per heavy atom. The first-order chi connectivity index (χ1) is 9.24. The Labute approximate surface area is 119 Å². The molecule has 5 heteroatoms. The van der Waals surface area contributed by atoms with Gasteiger partial charge in [0.2, 0.25) is 0 Å². The van der Waals surface area contributed by atoms with Crippen molar-refractivity contribution in [3.63, 3.8) is 0 Å². The molecule has 2 rings (SSSR count). The highest BCUT2D eigenvalue weighted by atomic mass is 32.1. The van der Waals surface area contributed by atoms with Crippen molar-refractivity contribution in [3.8, 4) is 0 Å². The molecule has 0 fully saturated rings. The van der Waals surface area contributed by atoms with Crippen LogP contribution < -0.4 is 5.73 Å². The van der Waals surface area contributed by atoms with Crippen molar-refractivity contribution in [2.45, 2.75) is 46.0 Å². The molecule has 1 aliphatic rings. The zero-order valence-electron chi connectivity index (χ0n) is 12.0. The maximum Gasteiger partial charge on any atom is 0.191 e. The molecule has 19 heavy (non-hydrogen) atoms. The number of aromatic nitrogens is 1. The lowest BCUT2D eigenvalue weighted by atomic mass is 10.0. The first kappa shape index (κ1) is 14.3. The van der Waals surface area contributed by atoms with Crippen LogP contribution in [0.5, 0.6) is 0 Å². The number of fused-ring (bicyclic) bond motifs is 1. The number of aliphatic imine (C=N–C) groups is 1. The summed E-state index contributed by atoms with van der Waals surface area (Å²) in [5.74, 6) is 0.659. The van der Waals surface area contributed by atoms with E-state index in [2.05, 4.69) is 23.7 Å². The van der Waals surface area contributed by atoms with Gasteiger partial charge in [0.25, 0.3) is 0 Å². The second-order valence-electron chi connectivity index (χ2n) is 4.85. The topological polar surface area (TPSA) is 54.5 Å². The molecule has 0 aliphatic heterocycles.